The third-order valence-electron chi connectivity index (χ3n) is 0.216. The van der Waals surface area contributed by atoms with Crippen molar-refractivity contribution in [2.24, 2.45) is 0 Å². The summed E-state index contributed by atoms with van der Waals surface area (Å²) in [5, 5.41) is 15.3. The Hall–Kier alpha value is 0.592. The molecule has 0 aliphatic carbocycles. The Morgan fingerprint density at radius 1 is 1.50 bits per heavy atom. The van der Waals surface area contributed by atoms with Crippen LogP contribution in [0.4, 0.5) is 8.39 Å². The van der Waals surface area contributed by atoms with Crippen molar-refractivity contribution in [3.05, 3.63) is 0 Å². The second-order valence-corrected chi connectivity index (χ2v) is 1.89. The maximum atomic E-state index is 11.1. The molecule has 2 N–H and O–H groups in total. The first-order valence-corrected chi connectivity index (χ1v) is 3.03. The van der Waals surface area contributed by atoms with Gasteiger partial charge in [-0.05, 0) is 0 Å². The van der Waals surface area contributed by atoms with Gasteiger partial charge in [-0.2, -0.15) is 0 Å². The van der Waals surface area contributed by atoms with Gasteiger partial charge < -0.3 is 11.5 Å². The molecule has 10 heavy (non-hydrogen) atoms. The Bertz CT molecular complexity index is 128. The molecule has 0 aromatic heterocycles. The van der Waals surface area contributed by atoms with E-state index in [2.05, 4.69) is 9.48 Å². The van der Waals surface area contributed by atoms with E-state index in [9.17, 15) is 13.0 Å². The molecule has 0 amide bonds. The van der Waals surface area contributed by atoms with Crippen LogP contribution >= 0.6 is 7.99 Å². The van der Waals surface area contributed by atoms with Gasteiger partial charge in [-0.25, -0.2) is 9.37 Å². The summed E-state index contributed by atoms with van der Waals surface area (Å²) in [6, 6.07) is 0. The topological polar surface area (TPSA) is 76.0 Å². The monoisotopic (exact) mass is 170 g/mol. The molecule has 0 spiro atoms. The van der Waals surface area contributed by atoms with E-state index in [1.54, 1.807) is 0 Å². The smallest absolute Gasteiger partial charge is 1.00 e. The Labute approximate surface area is 68.8 Å². The van der Waals surface area contributed by atoms with Gasteiger partial charge >= 0.3 is 34.2 Å². The first-order valence-electron chi connectivity index (χ1n) is 1.62. The Balaban J connectivity index is -0.000000320. The fourth-order valence-corrected chi connectivity index (χ4v) is 0.266. The summed E-state index contributed by atoms with van der Waals surface area (Å²) in [6.45, 7) is 0. The molecule has 0 aromatic rings. The zero-order valence-corrected chi connectivity index (χ0v) is 5.79. The van der Waals surface area contributed by atoms with E-state index in [0.717, 1.165) is 0 Å². The van der Waals surface area contributed by atoms with Gasteiger partial charge in [0.2, 0.25) is 0 Å². The van der Waals surface area contributed by atoms with Crippen LogP contribution in [0.25, 0.3) is 0 Å². The van der Waals surface area contributed by atoms with Crippen LogP contribution in [0.2, 0.25) is 0 Å². The van der Waals surface area contributed by atoms with Crippen molar-refractivity contribution >= 4 is 15.3 Å². The summed E-state index contributed by atoms with van der Waals surface area (Å²) in [7, 11) is -8.27. The normalized spacial score (nSPS) is 10.4. The van der Waals surface area contributed by atoms with Gasteiger partial charge in [0.1, 0.15) is 0 Å². The van der Waals surface area contributed by atoms with E-state index in [-0.39, 0.29) is 20.3 Å². The summed E-state index contributed by atoms with van der Waals surface area (Å²) in [5.74, 6) is 0. The minimum Gasteiger partial charge on any atom is -1.00 e. The van der Waals surface area contributed by atoms with Crippen LogP contribution < -0.4 is 18.9 Å². The van der Waals surface area contributed by atoms with Crippen LogP contribution in [0, 0.1) is 0 Å². The molecule has 5 nitrogen and oxygen atoms in total. The van der Waals surface area contributed by atoms with Crippen molar-refractivity contribution in [2.45, 2.75) is 0 Å². The Morgan fingerprint density at radius 2 is 1.90 bits per heavy atom. The van der Waals surface area contributed by atoms with Crippen molar-refractivity contribution in [2.75, 3.05) is 0 Å². The van der Waals surface area contributed by atoms with Crippen LogP contribution in [0.1, 0.15) is 1.43 Å². The molecule has 0 fully saturated rings. The van der Waals surface area contributed by atoms with Crippen LogP contribution in [-0.4, -0.2) is 17.4 Å². The molecule has 0 saturated heterocycles. The average molecular weight is 170 g/mol. The number of halogens is 2. The molecule has 0 radical (unpaired) electrons. The first kappa shape index (κ1) is 13.2. The Morgan fingerprint density at radius 3 is 2.00 bits per heavy atom. The van der Waals surface area contributed by atoms with Crippen LogP contribution in [0.3, 0.4) is 0 Å². The summed E-state index contributed by atoms with van der Waals surface area (Å²) in [4.78, 5) is 3.00. The first-order chi connectivity index (χ1) is 3.92. The van der Waals surface area contributed by atoms with Gasteiger partial charge in [0.05, 0.1) is 0 Å². The van der Waals surface area contributed by atoms with Crippen LogP contribution in [0.5, 0.6) is 0 Å². The van der Waals surface area contributed by atoms with E-state index in [0.29, 0.717) is 0 Å². The predicted octanol–water partition coefficient (Wildman–Crippen LogP) is -2.93. The van der Waals surface area contributed by atoms with Crippen molar-refractivity contribution in [1.82, 2.24) is 0 Å². The molecule has 56 valence electrons. The summed E-state index contributed by atoms with van der Waals surface area (Å²) in [6.07, 6.45) is 0. The molecule has 0 bridgehead atoms. The zero-order chi connectivity index (χ0) is 7.49. The van der Waals surface area contributed by atoms with Gasteiger partial charge in [-0.3, -0.25) is 0 Å². The van der Waals surface area contributed by atoms with Crippen molar-refractivity contribution in [1.29, 1.82) is 0 Å². The second kappa shape index (κ2) is 5.27. The van der Waals surface area contributed by atoms with E-state index in [4.69, 9.17) is 10.0 Å². The molecule has 0 saturated carbocycles. The fraction of sp³-hybridized carbons (Fsp3) is 0. The molecular weight excluding hydrogens is 167 g/mol. The molecule has 0 rings (SSSR count). The number of hydrogen-bond donors (Lipinski definition) is 2. The Kier molecular flexibility index (Phi) is 6.96. The zero-order valence-electron chi connectivity index (χ0n) is 5.90. The van der Waals surface area contributed by atoms with Crippen molar-refractivity contribution in [3.63, 3.8) is 0 Å². The maximum Gasteiger partial charge on any atom is 1.00 e. The predicted molar refractivity (Wildman–Crippen MR) is 23.3 cm³/mol. The van der Waals surface area contributed by atoms with Gasteiger partial charge in [0.25, 0.3) is 0 Å². The molecule has 10 heteroatoms. The fourth-order valence-electron chi connectivity index (χ4n) is 0.0886. The van der Waals surface area contributed by atoms with Gasteiger partial charge in [0, 0.05) is 0 Å². The molecule has 0 heterocycles. The summed E-state index contributed by atoms with van der Waals surface area (Å²) in [5.41, 5.74) is 0. The number of hydrogen-bond acceptors (Lipinski definition) is 5. The molecule has 0 atom stereocenters. The van der Waals surface area contributed by atoms with E-state index < -0.39 is 15.3 Å². The van der Waals surface area contributed by atoms with Crippen LogP contribution in [0.15, 0.2) is 0 Å². The second-order valence-electron chi connectivity index (χ2n) is 0.911. The van der Waals surface area contributed by atoms with Gasteiger partial charge in [0.15, 0.2) is 0 Å². The third kappa shape index (κ3) is 11.4. The maximum absolute atomic E-state index is 11.1. The SMILES string of the molecule is O=P(F)(F)OOB(O)O.[H-].[Li+]. The van der Waals surface area contributed by atoms with E-state index >= 15 is 0 Å². The molecular formula is H3BF2LiO5P. The minimum absolute atomic E-state index is 0. The molecule has 0 unspecified atom stereocenters. The van der Waals surface area contributed by atoms with Crippen molar-refractivity contribution in [3.8, 4) is 0 Å². The third-order valence-corrected chi connectivity index (χ3v) is 0.475. The quantitative estimate of drug-likeness (QED) is 0.205. The summed E-state index contributed by atoms with van der Waals surface area (Å²) >= 11 is 0. The standard InChI is InChI=1S/BF2H2O5P.Li.H/c2-9(3,6)8-7-1(4)5;;/h4-5H;;/q;+1;-1. The number of rotatable bonds is 3. The van der Waals surface area contributed by atoms with E-state index in [1.807, 2.05) is 0 Å². The summed E-state index contributed by atoms with van der Waals surface area (Å²) < 4.78 is 34.1. The molecule has 0 aliphatic rings. The largest absolute Gasteiger partial charge is 1.00 e. The van der Waals surface area contributed by atoms with Gasteiger partial charge in [-0.15, -0.1) is 13.1 Å². The van der Waals surface area contributed by atoms with Crippen LogP contribution in [-0.2, 0) is 14.0 Å². The average Bonchev–Trinajstić information content (AvgIpc) is 1.59. The molecule has 0 aliphatic heterocycles. The van der Waals surface area contributed by atoms with Gasteiger partial charge in [-0.1, -0.05) is 0 Å². The minimum atomic E-state index is -5.76. The van der Waals surface area contributed by atoms with E-state index in [1.165, 1.54) is 0 Å². The molecule has 0 aromatic carbocycles. The van der Waals surface area contributed by atoms with Crippen molar-refractivity contribution < 1.29 is 52.8 Å².